The molecule has 0 saturated heterocycles. The molecular weight excluding hydrogens is 412 g/mol. The van der Waals surface area contributed by atoms with Gasteiger partial charge in [0, 0.05) is 0 Å². The molecule has 0 aromatic heterocycles. The maximum absolute atomic E-state index is 12.6. The lowest BCUT2D eigenvalue weighted by molar-refractivity contribution is -0.0956. The summed E-state index contributed by atoms with van der Waals surface area (Å²) in [4.78, 5) is 12.6. The van der Waals surface area contributed by atoms with Crippen molar-refractivity contribution >= 4 is 11.9 Å². The van der Waals surface area contributed by atoms with Crippen LogP contribution in [0.4, 0.5) is 0 Å². The number of fused-ring (bicyclic) bond motifs is 1. The van der Waals surface area contributed by atoms with Gasteiger partial charge in [-0.2, -0.15) is 0 Å². The van der Waals surface area contributed by atoms with Crippen molar-refractivity contribution in [3.8, 4) is 17.2 Å². The van der Waals surface area contributed by atoms with E-state index in [1.165, 1.54) is 37.3 Å². The van der Waals surface area contributed by atoms with Crippen molar-refractivity contribution in [2.45, 2.75) is 50.6 Å². The molecule has 4 atom stereocenters. The number of phenolic OH excluding ortho intramolecular Hbond substituents is 2. The minimum atomic E-state index is -1.51. The SMILES string of the molecule is C=C(C)C(O)CCC(C)(O)[C@H]1Oc2ccc(C(=O)/C=C/c3ccc(O)cc3)c(O)c2[C@@H]1O. The van der Waals surface area contributed by atoms with Gasteiger partial charge in [0.25, 0.3) is 0 Å². The molecule has 1 heterocycles. The van der Waals surface area contributed by atoms with Gasteiger partial charge in [0.05, 0.1) is 17.2 Å². The van der Waals surface area contributed by atoms with Gasteiger partial charge in [0.1, 0.15) is 29.0 Å². The van der Waals surface area contributed by atoms with Crippen LogP contribution >= 0.6 is 0 Å². The average molecular weight is 440 g/mol. The minimum Gasteiger partial charge on any atom is -0.508 e. The van der Waals surface area contributed by atoms with Gasteiger partial charge in [-0.1, -0.05) is 30.4 Å². The molecule has 170 valence electrons. The van der Waals surface area contributed by atoms with Gasteiger partial charge < -0.3 is 30.3 Å². The minimum absolute atomic E-state index is 0.0144. The molecule has 0 fully saturated rings. The zero-order valence-electron chi connectivity index (χ0n) is 18.0. The molecule has 0 aliphatic carbocycles. The van der Waals surface area contributed by atoms with Gasteiger partial charge in [-0.3, -0.25) is 4.79 Å². The van der Waals surface area contributed by atoms with Crippen molar-refractivity contribution in [3.63, 3.8) is 0 Å². The van der Waals surface area contributed by atoms with Gasteiger partial charge in [-0.25, -0.2) is 0 Å². The van der Waals surface area contributed by atoms with Gasteiger partial charge in [0.2, 0.25) is 0 Å². The number of carbonyl (C=O) groups excluding carboxylic acids is 1. The van der Waals surface area contributed by atoms with Crippen LogP contribution in [0.1, 0.15) is 54.3 Å². The van der Waals surface area contributed by atoms with E-state index in [9.17, 15) is 30.3 Å². The van der Waals surface area contributed by atoms with E-state index >= 15 is 0 Å². The Hall–Kier alpha value is -3.13. The monoisotopic (exact) mass is 440 g/mol. The maximum atomic E-state index is 12.6. The number of aliphatic hydroxyl groups is 3. The van der Waals surface area contributed by atoms with E-state index < -0.39 is 35.4 Å². The molecule has 0 bridgehead atoms. The number of carbonyl (C=O) groups is 1. The fraction of sp³-hybridized carbons (Fsp3) is 0.320. The molecule has 0 radical (unpaired) electrons. The van der Waals surface area contributed by atoms with Crippen molar-refractivity contribution in [1.82, 2.24) is 0 Å². The third-order valence-electron chi connectivity index (χ3n) is 5.70. The Morgan fingerprint density at radius 2 is 1.88 bits per heavy atom. The van der Waals surface area contributed by atoms with Crippen molar-refractivity contribution in [1.29, 1.82) is 0 Å². The second-order valence-electron chi connectivity index (χ2n) is 8.40. The first kappa shape index (κ1) is 23.5. The Morgan fingerprint density at radius 1 is 1.22 bits per heavy atom. The van der Waals surface area contributed by atoms with Crippen LogP contribution < -0.4 is 4.74 Å². The first-order valence-corrected chi connectivity index (χ1v) is 10.3. The summed E-state index contributed by atoms with van der Waals surface area (Å²) >= 11 is 0. The topological polar surface area (TPSA) is 127 Å². The highest BCUT2D eigenvalue weighted by Gasteiger charge is 2.47. The highest BCUT2D eigenvalue weighted by atomic mass is 16.5. The van der Waals surface area contributed by atoms with Gasteiger partial charge in [0.15, 0.2) is 11.9 Å². The molecule has 0 saturated carbocycles. The van der Waals surface area contributed by atoms with Gasteiger partial charge in [-0.15, -0.1) is 0 Å². The van der Waals surface area contributed by atoms with Crippen LogP contribution in [0.2, 0.25) is 0 Å². The van der Waals surface area contributed by atoms with Crippen molar-refractivity contribution in [2.24, 2.45) is 0 Å². The normalized spacial score (nSPS) is 20.4. The largest absolute Gasteiger partial charge is 0.508 e. The molecule has 3 rings (SSSR count). The molecule has 5 N–H and O–H groups in total. The molecule has 2 unspecified atom stereocenters. The summed E-state index contributed by atoms with van der Waals surface area (Å²) in [6.07, 6.45) is -0.0681. The number of ketones is 1. The Balaban J connectivity index is 1.79. The zero-order chi connectivity index (χ0) is 23.6. The molecule has 32 heavy (non-hydrogen) atoms. The quantitative estimate of drug-likeness (QED) is 0.242. The lowest BCUT2D eigenvalue weighted by atomic mass is 9.86. The Bertz CT molecular complexity index is 1040. The number of hydrogen-bond acceptors (Lipinski definition) is 7. The molecule has 2 aromatic rings. The van der Waals surface area contributed by atoms with Gasteiger partial charge >= 0.3 is 0 Å². The van der Waals surface area contributed by atoms with E-state index in [2.05, 4.69) is 6.58 Å². The summed E-state index contributed by atoms with van der Waals surface area (Å²) in [5.74, 6) is -0.598. The molecule has 2 aromatic carbocycles. The van der Waals surface area contributed by atoms with Crippen molar-refractivity contribution in [3.05, 3.63) is 71.3 Å². The lowest BCUT2D eigenvalue weighted by Crippen LogP contribution is -2.45. The summed E-state index contributed by atoms with van der Waals surface area (Å²) in [7, 11) is 0. The molecule has 7 nitrogen and oxygen atoms in total. The average Bonchev–Trinajstić information content (AvgIpc) is 3.09. The third-order valence-corrected chi connectivity index (χ3v) is 5.70. The zero-order valence-corrected chi connectivity index (χ0v) is 18.0. The van der Waals surface area contributed by atoms with Crippen LogP contribution in [0.15, 0.2) is 54.6 Å². The predicted molar refractivity (Wildman–Crippen MR) is 120 cm³/mol. The highest BCUT2D eigenvalue weighted by molar-refractivity contribution is 6.09. The number of hydrogen-bond donors (Lipinski definition) is 5. The van der Waals surface area contributed by atoms with Crippen molar-refractivity contribution < 1.29 is 35.1 Å². The molecular formula is C25H28O7. The second kappa shape index (κ2) is 9.16. The summed E-state index contributed by atoms with van der Waals surface area (Å²) < 4.78 is 5.72. The smallest absolute Gasteiger partial charge is 0.189 e. The van der Waals surface area contributed by atoms with Crippen LogP contribution in [-0.4, -0.2) is 49.1 Å². The number of benzene rings is 2. The number of aliphatic hydroxyl groups excluding tert-OH is 2. The third kappa shape index (κ3) is 4.85. The predicted octanol–water partition coefficient (Wildman–Crippen LogP) is 3.26. The number of allylic oxidation sites excluding steroid dienone is 1. The molecule has 0 amide bonds. The number of phenols is 2. The first-order valence-electron chi connectivity index (χ1n) is 10.3. The van der Waals surface area contributed by atoms with Crippen LogP contribution in [0, 0.1) is 0 Å². The number of ether oxygens (including phenoxy) is 1. The number of rotatable bonds is 8. The lowest BCUT2D eigenvalue weighted by Gasteiger charge is -2.32. The molecule has 0 spiro atoms. The second-order valence-corrected chi connectivity index (χ2v) is 8.40. The van der Waals surface area contributed by atoms with E-state index in [0.717, 1.165) is 0 Å². The standard InChI is InChI=1S/C25H28O7/c1-14(2)18(27)12-13-25(3,31)24-23(30)21-20(32-24)11-9-17(22(21)29)19(28)10-6-15-4-7-16(26)8-5-15/h4-11,18,23-24,26-27,29-31H,1,12-13H2,2-3H3/b10-6+/t18?,23-,24-,25?/m0/s1. The van der Waals surface area contributed by atoms with Crippen molar-refractivity contribution in [2.75, 3.05) is 0 Å². The van der Waals surface area contributed by atoms with E-state index in [0.29, 0.717) is 11.1 Å². The Morgan fingerprint density at radius 3 is 2.50 bits per heavy atom. The summed E-state index contributed by atoms with van der Waals surface area (Å²) in [5.41, 5.74) is -0.227. The van der Waals surface area contributed by atoms with E-state index in [1.807, 2.05) is 0 Å². The van der Waals surface area contributed by atoms with E-state index in [-0.39, 0.29) is 35.5 Å². The summed E-state index contributed by atoms with van der Waals surface area (Å²) in [6, 6.07) is 9.12. The maximum Gasteiger partial charge on any atom is 0.189 e. The summed E-state index contributed by atoms with van der Waals surface area (Å²) in [6.45, 7) is 6.85. The number of aromatic hydroxyl groups is 2. The first-order chi connectivity index (χ1) is 15.0. The van der Waals surface area contributed by atoms with E-state index in [1.54, 1.807) is 25.1 Å². The fourth-order valence-electron chi connectivity index (χ4n) is 3.66. The Kier molecular flexibility index (Phi) is 6.74. The van der Waals surface area contributed by atoms with Crippen LogP contribution in [0.25, 0.3) is 6.08 Å². The van der Waals surface area contributed by atoms with E-state index in [4.69, 9.17) is 4.74 Å². The fourth-order valence-corrected chi connectivity index (χ4v) is 3.66. The van der Waals surface area contributed by atoms with Crippen LogP contribution in [0.3, 0.4) is 0 Å². The van der Waals surface area contributed by atoms with Crippen LogP contribution in [0.5, 0.6) is 17.2 Å². The molecule has 1 aliphatic heterocycles. The van der Waals surface area contributed by atoms with Gasteiger partial charge in [-0.05, 0) is 62.6 Å². The Labute approximate surface area is 186 Å². The summed E-state index contributed by atoms with van der Waals surface area (Å²) in [5, 5.41) is 51.7. The van der Waals surface area contributed by atoms with Crippen LogP contribution in [-0.2, 0) is 0 Å². The molecule has 7 heteroatoms. The highest BCUT2D eigenvalue weighted by Crippen LogP contribution is 2.47. The molecule has 1 aliphatic rings.